The molecule has 0 spiro atoms. The van der Waals surface area contributed by atoms with Gasteiger partial charge in [-0.1, -0.05) is 0 Å². The van der Waals surface area contributed by atoms with Crippen LogP contribution in [0.15, 0.2) is 23.1 Å². The maximum atomic E-state index is 12.7. The Balaban J connectivity index is 1.91. The van der Waals surface area contributed by atoms with Crippen molar-refractivity contribution in [3.63, 3.8) is 0 Å². The van der Waals surface area contributed by atoms with Gasteiger partial charge in [0.2, 0.25) is 5.43 Å². The van der Waals surface area contributed by atoms with E-state index in [2.05, 4.69) is 4.90 Å². The van der Waals surface area contributed by atoms with Crippen molar-refractivity contribution in [1.29, 1.82) is 0 Å². The summed E-state index contributed by atoms with van der Waals surface area (Å²) >= 11 is 0. The van der Waals surface area contributed by atoms with Gasteiger partial charge in [0, 0.05) is 31.4 Å². The van der Waals surface area contributed by atoms with Gasteiger partial charge < -0.3 is 25.0 Å². The fourth-order valence-corrected chi connectivity index (χ4v) is 4.09. The topological polar surface area (TPSA) is 97.8 Å². The Morgan fingerprint density at radius 2 is 2.07 bits per heavy atom. The van der Waals surface area contributed by atoms with Gasteiger partial charge in [-0.25, -0.2) is 4.79 Å². The van der Waals surface area contributed by atoms with Crippen molar-refractivity contribution in [3.8, 4) is 5.75 Å². The van der Waals surface area contributed by atoms with Crippen LogP contribution in [0.1, 0.15) is 42.6 Å². The lowest BCUT2D eigenvalue weighted by molar-refractivity contribution is 0.0695. The van der Waals surface area contributed by atoms with Gasteiger partial charge >= 0.3 is 5.97 Å². The van der Waals surface area contributed by atoms with Crippen molar-refractivity contribution in [2.45, 2.75) is 38.3 Å². The molecule has 2 aliphatic rings. The normalized spacial score (nSPS) is 20.9. The maximum absolute atomic E-state index is 12.7. The number of carboxylic acid groups (broad SMARTS) is 1. The molecule has 1 aromatic heterocycles. The molecule has 1 aromatic carbocycles. The largest absolute Gasteiger partial charge is 0.492 e. The second-order valence-electron chi connectivity index (χ2n) is 7.68. The lowest BCUT2D eigenvalue weighted by Gasteiger charge is -2.24. The van der Waals surface area contributed by atoms with Crippen molar-refractivity contribution in [2.75, 3.05) is 25.1 Å². The number of fused-ring (bicyclic) bond motifs is 1. The molecule has 7 nitrogen and oxygen atoms in total. The van der Waals surface area contributed by atoms with Crippen LogP contribution in [0.2, 0.25) is 0 Å². The van der Waals surface area contributed by atoms with Crippen LogP contribution in [0.5, 0.6) is 5.75 Å². The van der Waals surface area contributed by atoms with Crippen LogP contribution in [0, 0.1) is 5.92 Å². The van der Waals surface area contributed by atoms with E-state index >= 15 is 0 Å². The molecule has 1 saturated carbocycles. The van der Waals surface area contributed by atoms with E-state index < -0.39 is 11.4 Å². The van der Waals surface area contributed by atoms with Crippen LogP contribution in [0.25, 0.3) is 10.9 Å². The lowest BCUT2D eigenvalue weighted by Crippen LogP contribution is -2.30. The van der Waals surface area contributed by atoms with Gasteiger partial charge in [0.1, 0.15) is 5.56 Å². The molecule has 3 N–H and O–H groups in total. The highest BCUT2D eigenvalue weighted by molar-refractivity contribution is 5.97. The molecule has 1 aliphatic heterocycles. The molecule has 2 heterocycles. The summed E-state index contributed by atoms with van der Waals surface area (Å²) < 4.78 is 7.68. The average Bonchev–Trinajstić information content (AvgIpc) is 3.36. The van der Waals surface area contributed by atoms with Gasteiger partial charge in [-0.05, 0) is 44.2 Å². The Morgan fingerprint density at radius 1 is 1.33 bits per heavy atom. The first-order valence-corrected chi connectivity index (χ1v) is 9.42. The summed E-state index contributed by atoms with van der Waals surface area (Å²) in [5, 5.41) is 9.82. The molecular weight excluding hydrogens is 346 g/mol. The quantitative estimate of drug-likeness (QED) is 0.836. The Kier molecular flexibility index (Phi) is 4.34. The molecule has 4 rings (SSSR count). The number of methoxy groups -OCH3 is 1. The van der Waals surface area contributed by atoms with Gasteiger partial charge in [-0.15, -0.1) is 0 Å². The fraction of sp³-hybridized carbons (Fsp3) is 0.500. The highest BCUT2D eigenvalue weighted by Gasteiger charge is 2.31. The summed E-state index contributed by atoms with van der Waals surface area (Å²) in [6, 6.07) is 3.95. The number of hydrogen-bond acceptors (Lipinski definition) is 5. The predicted octanol–water partition coefficient (Wildman–Crippen LogP) is 2.22. The number of anilines is 1. The van der Waals surface area contributed by atoms with E-state index in [4.69, 9.17) is 10.5 Å². The summed E-state index contributed by atoms with van der Waals surface area (Å²) in [5.74, 6) is -0.136. The number of nitrogens with zero attached hydrogens (tertiary/aromatic N) is 2. The molecule has 2 fully saturated rings. The highest BCUT2D eigenvalue weighted by atomic mass is 16.5. The summed E-state index contributed by atoms with van der Waals surface area (Å²) in [6.07, 6.45) is 4.44. The van der Waals surface area contributed by atoms with Crippen molar-refractivity contribution in [3.05, 3.63) is 34.1 Å². The Hall–Kier alpha value is -2.54. The van der Waals surface area contributed by atoms with Crippen LogP contribution in [-0.4, -0.2) is 41.9 Å². The van der Waals surface area contributed by atoms with E-state index in [1.165, 1.54) is 6.20 Å². The number of ether oxygens (including phenoxy) is 1. The summed E-state index contributed by atoms with van der Waals surface area (Å²) in [4.78, 5) is 26.5. The fourth-order valence-electron chi connectivity index (χ4n) is 4.09. The molecule has 0 radical (unpaired) electrons. The third-order valence-corrected chi connectivity index (χ3v) is 5.81. The second-order valence-corrected chi connectivity index (χ2v) is 7.68. The number of benzene rings is 1. The molecule has 2 aromatic rings. The third-order valence-electron chi connectivity index (χ3n) is 5.81. The van der Waals surface area contributed by atoms with E-state index in [1.807, 2.05) is 17.6 Å². The Labute approximate surface area is 157 Å². The zero-order valence-electron chi connectivity index (χ0n) is 15.6. The maximum Gasteiger partial charge on any atom is 0.341 e. The number of carbonyl (C=O) groups is 1. The van der Waals surface area contributed by atoms with E-state index in [0.717, 1.165) is 38.0 Å². The summed E-state index contributed by atoms with van der Waals surface area (Å²) in [5.41, 5.74) is 7.05. The lowest BCUT2D eigenvalue weighted by atomic mass is 10.0. The van der Waals surface area contributed by atoms with Crippen LogP contribution >= 0.6 is 0 Å². The van der Waals surface area contributed by atoms with E-state index in [0.29, 0.717) is 22.6 Å². The summed E-state index contributed by atoms with van der Waals surface area (Å²) in [6.45, 7) is 3.76. The molecule has 27 heavy (non-hydrogen) atoms. The van der Waals surface area contributed by atoms with Crippen LogP contribution in [0.3, 0.4) is 0 Å². The number of rotatable bonds is 5. The first-order valence-electron chi connectivity index (χ1n) is 9.42. The van der Waals surface area contributed by atoms with Gasteiger partial charge in [0.15, 0.2) is 5.75 Å². The molecule has 1 saturated heterocycles. The average molecular weight is 371 g/mol. The molecular formula is C20H25N3O4. The van der Waals surface area contributed by atoms with Crippen molar-refractivity contribution < 1.29 is 14.6 Å². The Bertz CT molecular complexity index is 962. The van der Waals surface area contributed by atoms with Crippen molar-refractivity contribution in [1.82, 2.24) is 4.57 Å². The van der Waals surface area contributed by atoms with Crippen LogP contribution in [-0.2, 0) is 0 Å². The number of nitrogens with two attached hydrogens (primary N) is 1. The molecule has 0 bridgehead atoms. The van der Waals surface area contributed by atoms with Gasteiger partial charge in [0.05, 0.1) is 23.7 Å². The SMILES string of the molecule is COc1c(N2CC[C@@H]([C@H](C)N)C2)ccc2c(=O)c(C(=O)O)cn(C3CC3)c12. The van der Waals surface area contributed by atoms with E-state index in [1.54, 1.807) is 13.2 Å². The number of hydrogen-bond donors (Lipinski definition) is 2. The minimum Gasteiger partial charge on any atom is -0.492 e. The van der Waals surface area contributed by atoms with Gasteiger partial charge in [-0.2, -0.15) is 0 Å². The third kappa shape index (κ3) is 2.96. The second kappa shape index (κ2) is 6.56. The van der Waals surface area contributed by atoms with Gasteiger partial charge in [-0.3, -0.25) is 4.79 Å². The van der Waals surface area contributed by atoms with E-state index in [9.17, 15) is 14.7 Å². The van der Waals surface area contributed by atoms with E-state index in [-0.39, 0.29) is 17.6 Å². The number of carboxylic acids is 1. The zero-order chi connectivity index (χ0) is 19.3. The monoisotopic (exact) mass is 371 g/mol. The molecule has 2 atom stereocenters. The summed E-state index contributed by atoms with van der Waals surface area (Å²) in [7, 11) is 1.60. The molecule has 0 unspecified atom stereocenters. The van der Waals surface area contributed by atoms with Crippen LogP contribution < -0.4 is 20.8 Å². The minimum absolute atomic E-state index is 0.129. The molecule has 7 heteroatoms. The van der Waals surface area contributed by atoms with Gasteiger partial charge in [0.25, 0.3) is 0 Å². The molecule has 144 valence electrons. The molecule has 0 amide bonds. The minimum atomic E-state index is -1.20. The zero-order valence-corrected chi connectivity index (χ0v) is 15.6. The highest BCUT2D eigenvalue weighted by Crippen LogP contribution is 2.43. The van der Waals surface area contributed by atoms with Crippen molar-refractivity contribution in [2.24, 2.45) is 11.7 Å². The molecule has 1 aliphatic carbocycles. The predicted molar refractivity (Wildman–Crippen MR) is 104 cm³/mol. The number of aromatic carboxylic acids is 1. The first-order chi connectivity index (χ1) is 12.9. The number of pyridine rings is 1. The Morgan fingerprint density at radius 3 is 2.63 bits per heavy atom. The van der Waals surface area contributed by atoms with Crippen LogP contribution in [0.4, 0.5) is 5.69 Å². The standard InChI is InChI=1S/C20H25N3O4/c1-11(21)12-7-8-22(9-12)16-6-5-14-17(19(16)27-2)23(13-3-4-13)10-15(18(14)24)20(25)26/h5-6,10-13H,3-4,7-9,21H2,1-2H3,(H,25,26)/t11-,12+/m0/s1. The number of aromatic nitrogens is 1. The first kappa shape index (κ1) is 17.9. The smallest absolute Gasteiger partial charge is 0.341 e. The van der Waals surface area contributed by atoms with Crippen molar-refractivity contribution >= 4 is 22.6 Å².